The van der Waals surface area contributed by atoms with E-state index in [2.05, 4.69) is 41.6 Å². The molecule has 0 aliphatic carbocycles. The van der Waals surface area contributed by atoms with Gasteiger partial charge in [-0.2, -0.15) is 0 Å². The summed E-state index contributed by atoms with van der Waals surface area (Å²) >= 11 is 1.80. The molecule has 0 fully saturated rings. The van der Waals surface area contributed by atoms with Crippen LogP contribution in [0.15, 0.2) is 47.5 Å². The number of pyridine rings is 1. The molecule has 20 heavy (non-hydrogen) atoms. The van der Waals surface area contributed by atoms with Crippen molar-refractivity contribution in [3.63, 3.8) is 0 Å². The lowest BCUT2D eigenvalue weighted by Crippen LogP contribution is -2.38. The van der Waals surface area contributed by atoms with Crippen molar-refractivity contribution in [1.82, 2.24) is 10.4 Å². The van der Waals surface area contributed by atoms with Crippen molar-refractivity contribution < 1.29 is 0 Å². The molecule has 1 unspecified atom stereocenters. The number of hydrogen-bond donors (Lipinski definition) is 3. The van der Waals surface area contributed by atoms with Crippen LogP contribution in [0.5, 0.6) is 0 Å². The first-order valence-corrected chi connectivity index (χ1v) is 7.52. The molecule has 0 spiro atoms. The lowest BCUT2D eigenvalue weighted by atomic mass is 10.1. The lowest BCUT2D eigenvalue weighted by molar-refractivity contribution is 0.575. The van der Waals surface area contributed by atoms with Crippen LogP contribution in [-0.4, -0.2) is 16.8 Å². The van der Waals surface area contributed by atoms with Crippen LogP contribution in [0.4, 0.5) is 5.82 Å². The summed E-state index contributed by atoms with van der Waals surface area (Å²) < 4.78 is 0. The van der Waals surface area contributed by atoms with Gasteiger partial charge in [0.2, 0.25) is 0 Å². The summed E-state index contributed by atoms with van der Waals surface area (Å²) in [5.41, 5.74) is 11.0. The summed E-state index contributed by atoms with van der Waals surface area (Å²) in [6.07, 6.45) is 2.56. The molecule has 0 radical (unpaired) electrons. The third kappa shape index (κ3) is 4.52. The second kappa shape index (κ2) is 7.28. The van der Waals surface area contributed by atoms with E-state index in [1.807, 2.05) is 12.1 Å². The van der Waals surface area contributed by atoms with Gasteiger partial charge in [0, 0.05) is 22.9 Å². The fourth-order valence-corrected chi connectivity index (χ4v) is 3.03. The van der Waals surface area contributed by atoms with Gasteiger partial charge in [0.15, 0.2) is 0 Å². The second-order valence-electron chi connectivity index (χ2n) is 4.78. The number of nitrogens with zero attached hydrogens (tertiary/aromatic N) is 1. The summed E-state index contributed by atoms with van der Waals surface area (Å²) in [5.74, 6) is 7.09. The molecule has 1 atom stereocenters. The van der Waals surface area contributed by atoms with Gasteiger partial charge < -0.3 is 5.73 Å². The van der Waals surface area contributed by atoms with Crippen LogP contribution in [-0.2, 0) is 6.42 Å². The van der Waals surface area contributed by atoms with Gasteiger partial charge in [-0.05, 0) is 43.2 Å². The van der Waals surface area contributed by atoms with Crippen LogP contribution in [0.25, 0.3) is 0 Å². The average Bonchev–Trinajstić information content (AvgIpc) is 2.43. The Labute approximate surface area is 123 Å². The van der Waals surface area contributed by atoms with Gasteiger partial charge >= 0.3 is 0 Å². The lowest BCUT2D eigenvalue weighted by Gasteiger charge is -2.15. The molecule has 2 aromatic rings. The van der Waals surface area contributed by atoms with Crippen LogP contribution in [0.1, 0.15) is 11.1 Å². The number of rotatable bonds is 6. The van der Waals surface area contributed by atoms with E-state index in [4.69, 9.17) is 11.6 Å². The highest BCUT2D eigenvalue weighted by Gasteiger charge is 2.09. The highest BCUT2D eigenvalue weighted by Crippen LogP contribution is 2.20. The van der Waals surface area contributed by atoms with Gasteiger partial charge in [0.1, 0.15) is 5.82 Å². The predicted molar refractivity (Wildman–Crippen MR) is 85.4 cm³/mol. The molecule has 0 bridgehead atoms. The third-order valence-electron chi connectivity index (χ3n) is 3.00. The Morgan fingerprint density at radius 3 is 2.85 bits per heavy atom. The topological polar surface area (TPSA) is 77.0 Å². The Bertz CT molecular complexity index is 559. The summed E-state index contributed by atoms with van der Waals surface area (Å²) in [6, 6.07) is 12.5. The third-order valence-corrected chi connectivity index (χ3v) is 4.16. The smallest absolute Gasteiger partial charge is 0.123 e. The number of aryl methyl sites for hydroxylation is 1. The summed E-state index contributed by atoms with van der Waals surface area (Å²) in [7, 11) is 0. The van der Waals surface area contributed by atoms with Crippen molar-refractivity contribution in [3.05, 3.63) is 53.7 Å². The zero-order valence-corrected chi connectivity index (χ0v) is 12.4. The SMILES string of the molecule is Cc1cccc(SCC(Cc2ccnc(N)c2)NN)c1. The van der Waals surface area contributed by atoms with E-state index in [9.17, 15) is 0 Å². The Morgan fingerprint density at radius 2 is 2.15 bits per heavy atom. The zero-order valence-electron chi connectivity index (χ0n) is 11.5. The van der Waals surface area contributed by atoms with Crippen molar-refractivity contribution in [2.24, 2.45) is 5.84 Å². The number of nitrogens with two attached hydrogens (primary N) is 2. The summed E-state index contributed by atoms with van der Waals surface area (Å²) in [6.45, 7) is 2.10. The molecule has 0 amide bonds. The molecule has 5 N–H and O–H groups in total. The maximum atomic E-state index is 5.69. The fraction of sp³-hybridized carbons (Fsp3) is 0.267. The van der Waals surface area contributed by atoms with Gasteiger partial charge in [-0.3, -0.25) is 11.3 Å². The predicted octanol–water partition coefficient (Wildman–Crippen LogP) is 2.14. The van der Waals surface area contributed by atoms with E-state index in [0.29, 0.717) is 5.82 Å². The van der Waals surface area contributed by atoms with Crippen LogP contribution in [0, 0.1) is 6.92 Å². The highest BCUT2D eigenvalue weighted by molar-refractivity contribution is 7.99. The molecule has 1 aromatic heterocycles. The molecule has 1 heterocycles. The fourth-order valence-electron chi connectivity index (χ4n) is 1.97. The van der Waals surface area contributed by atoms with Gasteiger partial charge in [0.05, 0.1) is 0 Å². The highest BCUT2D eigenvalue weighted by atomic mass is 32.2. The maximum absolute atomic E-state index is 5.69. The van der Waals surface area contributed by atoms with Gasteiger partial charge in [0.25, 0.3) is 0 Å². The molecule has 2 rings (SSSR count). The molecule has 4 nitrogen and oxygen atoms in total. The maximum Gasteiger partial charge on any atom is 0.123 e. The molecule has 1 aromatic carbocycles. The minimum atomic E-state index is 0.197. The Hall–Kier alpha value is -1.56. The standard InChI is InChI=1S/C15H20N4S/c1-11-3-2-4-14(7-11)20-10-13(19-17)8-12-5-6-18-15(16)9-12/h2-7,9,13,19H,8,10,17H2,1H3,(H2,16,18). The number of nitrogen functional groups attached to an aromatic ring is 1. The number of nitrogens with one attached hydrogen (secondary N) is 1. The van der Waals surface area contributed by atoms with Gasteiger partial charge in [-0.25, -0.2) is 4.98 Å². The molecular weight excluding hydrogens is 268 g/mol. The van der Waals surface area contributed by atoms with Crippen molar-refractivity contribution in [2.75, 3.05) is 11.5 Å². The van der Waals surface area contributed by atoms with Crippen LogP contribution in [0.2, 0.25) is 0 Å². The van der Waals surface area contributed by atoms with Crippen molar-refractivity contribution >= 4 is 17.6 Å². The zero-order chi connectivity index (χ0) is 14.4. The number of benzene rings is 1. The Morgan fingerprint density at radius 1 is 1.30 bits per heavy atom. The summed E-state index contributed by atoms with van der Waals surface area (Å²) in [4.78, 5) is 5.26. The average molecular weight is 288 g/mol. The molecule has 5 heteroatoms. The van der Waals surface area contributed by atoms with Crippen molar-refractivity contribution in [3.8, 4) is 0 Å². The molecule has 106 valence electrons. The first kappa shape index (κ1) is 14.8. The second-order valence-corrected chi connectivity index (χ2v) is 5.88. The van der Waals surface area contributed by atoms with Crippen molar-refractivity contribution in [2.45, 2.75) is 24.3 Å². The van der Waals surface area contributed by atoms with E-state index in [-0.39, 0.29) is 6.04 Å². The molecule has 0 saturated heterocycles. The molecule has 0 saturated carbocycles. The quantitative estimate of drug-likeness (QED) is 0.431. The van der Waals surface area contributed by atoms with E-state index >= 15 is 0 Å². The van der Waals surface area contributed by atoms with Gasteiger partial charge in [-0.15, -0.1) is 11.8 Å². The van der Waals surface area contributed by atoms with Crippen LogP contribution < -0.4 is 17.0 Å². The number of hydrogen-bond acceptors (Lipinski definition) is 5. The monoisotopic (exact) mass is 288 g/mol. The van der Waals surface area contributed by atoms with E-state index in [1.165, 1.54) is 10.5 Å². The molecular formula is C15H20N4S. The van der Waals surface area contributed by atoms with Crippen LogP contribution >= 0.6 is 11.8 Å². The largest absolute Gasteiger partial charge is 0.384 e. The number of thioether (sulfide) groups is 1. The number of aromatic nitrogens is 1. The Kier molecular flexibility index (Phi) is 5.40. The van der Waals surface area contributed by atoms with E-state index in [0.717, 1.165) is 17.7 Å². The van der Waals surface area contributed by atoms with Gasteiger partial charge in [-0.1, -0.05) is 17.7 Å². The summed E-state index contributed by atoms with van der Waals surface area (Å²) in [5, 5.41) is 0. The van der Waals surface area contributed by atoms with E-state index in [1.54, 1.807) is 18.0 Å². The normalized spacial score (nSPS) is 12.3. The first-order valence-electron chi connectivity index (χ1n) is 6.53. The minimum absolute atomic E-state index is 0.197. The van der Waals surface area contributed by atoms with Crippen LogP contribution in [0.3, 0.4) is 0 Å². The molecule has 0 aliphatic heterocycles. The van der Waals surface area contributed by atoms with Crippen molar-refractivity contribution in [1.29, 1.82) is 0 Å². The Balaban J connectivity index is 1.92. The number of anilines is 1. The minimum Gasteiger partial charge on any atom is -0.384 e. The first-order chi connectivity index (χ1) is 9.67. The molecule has 0 aliphatic rings. The van der Waals surface area contributed by atoms with E-state index < -0.39 is 0 Å². The number of hydrazine groups is 1.